The molecule has 2 rings (SSSR count). The van der Waals surface area contributed by atoms with Gasteiger partial charge in [-0.15, -0.1) is 0 Å². The lowest BCUT2D eigenvalue weighted by Crippen LogP contribution is -2.55. The van der Waals surface area contributed by atoms with E-state index in [-0.39, 0.29) is 5.54 Å². The van der Waals surface area contributed by atoms with E-state index in [1.807, 2.05) is 0 Å². The SMILES string of the molecule is CN1CCN(CC2(N)CCNC2)CC1. The molecular weight excluding hydrogens is 176 g/mol. The Kier molecular flexibility index (Phi) is 3.07. The zero-order valence-electron chi connectivity index (χ0n) is 9.13. The summed E-state index contributed by atoms with van der Waals surface area (Å²) in [7, 11) is 2.19. The van der Waals surface area contributed by atoms with Gasteiger partial charge in [-0.25, -0.2) is 0 Å². The Bertz CT molecular complexity index is 181. The van der Waals surface area contributed by atoms with Gasteiger partial charge in [0.25, 0.3) is 0 Å². The molecule has 2 aliphatic rings. The minimum absolute atomic E-state index is 0.0376. The van der Waals surface area contributed by atoms with Gasteiger partial charge in [0.15, 0.2) is 0 Å². The van der Waals surface area contributed by atoms with Crippen LogP contribution < -0.4 is 11.1 Å². The van der Waals surface area contributed by atoms with Crippen molar-refractivity contribution in [3.63, 3.8) is 0 Å². The summed E-state index contributed by atoms with van der Waals surface area (Å²) in [6.45, 7) is 7.86. The van der Waals surface area contributed by atoms with E-state index in [1.165, 1.54) is 26.2 Å². The maximum absolute atomic E-state index is 6.31. The minimum atomic E-state index is 0.0376. The summed E-state index contributed by atoms with van der Waals surface area (Å²) in [4.78, 5) is 4.89. The fourth-order valence-corrected chi connectivity index (χ4v) is 2.35. The van der Waals surface area contributed by atoms with Gasteiger partial charge in [-0.1, -0.05) is 0 Å². The molecule has 0 aromatic heterocycles. The third-order valence-electron chi connectivity index (χ3n) is 3.41. The first-order valence-electron chi connectivity index (χ1n) is 5.58. The van der Waals surface area contributed by atoms with Crippen molar-refractivity contribution in [2.45, 2.75) is 12.0 Å². The smallest absolute Gasteiger partial charge is 0.0422 e. The van der Waals surface area contributed by atoms with Gasteiger partial charge in [0, 0.05) is 44.8 Å². The van der Waals surface area contributed by atoms with Crippen LogP contribution in [0.25, 0.3) is 0 Å². The minimum Gasteiger partial charge on any atom is -0.323 e. The average Bonchev–Trinajstić information content (AvgIpc) is 2.57. The maximum Gasteiger partial charge on any atom is 0.0422 e. The Morgan fingerprint density at radius 2 is 2.00 bits per heavy atom. The molecule has 2 saturated heterocycles. The van der Waals surface area contributed by atoms with Gasteiger partial charge in [0.2, 0.25) is 0 Å². The topological polar surface area (TPSA) is 44.5 Å². The van der Waals surface area contributed by atoms with Crippen molar-refractivity contribution in [3.8, 4) is 0 Å². The average molecular weight is 198 g/mol. The highest BCUT2D eigenvalue weighted by Crippen LogP contribution is 2.13. The summed E-state index contributed by atoms with van der Waals surface area (Å²) < 4.78 is 0. The molecule has 2 aliphatic heterocycles. The lowest BCUT2D eigenvalue weighted by atomic mass is 9.99. The number of likely N-dealkylation sites (N-methyl/N-ethyl adjacent to an activating group) is 1. The van der Waals surface area contributed by atoms with E-state index in [1.54, 1.807) is 0 Å². The van der Waals surface area contributed by atoms with Gasteiger partial charge in [0.05, 0.1) is 0 Å². The molecule has 1 unspecified atom stereocenters. The second-order valence-electron chi connectivity index (χ2n) is 4.87. The van der Waals surface area contributed by atoms with Crippen molar-refractivity contribution in [2.75, 3.05) is 52.9 Å². The van der Waals surface area contributed by atoms with Crippen LogP contribution >= 0.6 is 0 Å². The Balaban J connectivity index is 1.79. The van der Waals surface area contributed by atoms with E-state index in [4.69, 9.17) is 5.73 Å². The van der Waals surface area contributed by atoms with E-state index in [0.29, 0.717) is 0 Å². The molecule has 0 radical (unpaired) electrons. The number of nitrogens with zero attached hydrogens (tertiary/aromatic N) is 2. The lowest BCUT2D eigenvalue weighted by molar-refractivity contribution is 0.130. The van der Waals surface area contributed by atoms with Gasteiger partial charge in [0.1, 0.15) is 0 Å². The molecule has 0 bridgehead atoms. The lowest BCUT2D eigenvalue weighted by Gasteiger charge is -2.37. The molecule has 0 spiro atoms. The molecule has 0 amide bonds. The highest BCUT2D eigenvalue weighted by molar-refractivity contribution is 4.95. The largest absolute Gasteiger partial charge is 0.323 e. The van der Waals surface area contributed by atoms with Gasteiger partial charge in [-0.3, -0.25) is 4.90 Å². The number of hydrogen-bond donors (Lipinski definition) is 2. The van der Waals surface area contributed by atoms with Crippen LogP contribution in [0.5, 0.6) is 0 Å². The standard InChI is InChI=1S/C10H22N4/c1-13-4-6-14(7-5-13)9-10(11)2-3-12-8-10/h12H,2-9,11H2,1H3. The summed E-state index contributed by atoms with van der Waals surface area (Å²) in [5.41, 5.74) is 6.34. The van der Waals surface area contributed by atoms with Crippen LogP contribution in [0.4, 0.5) is 0 Å². The normalized spacial score (nSPS) is 36.4. The van der Waals surface area contributed by atoms with Crippen molar-refractivity contribution in [1.82, 2.24) is 15.1 Å². The predicted octanol–water partition coefficient (Wildman–Crippen LogP) is -1.08. The van der Waals surface area contributed by atoms with Crippen LogP contribution in [0.2, 0.25) is 0 Å². The van der Waals surface area contributed by atoms with Crippen molar-refractivity contribution in [2.24, 2.45) is 5.73 Å². The fourth-order valence-electron chi connectivity index (χ4n) is 2.35. The first kappa shape index (κ1) is 10.4. The Hall–Kier alpha value is -0.160. The summed E-state index contributed by atoms with van der Waals surface area (Å²) in [6.07, 6.45) is 1.12. The molecule has 3 N–H and O–H groups in total. The second-order valence-corrected chi connectivity index (χ2v) is 4.87. The zero-order chi connectivity index (χ0) is 10.0. The van der Waals surface area contributed by atoms with Crippen LogP contribution in [-0.4, -0.2) is 68.2 Å². The molecule has 0 aromatic carbocycles. The number of nitrogens with two attached hydrogens (primary N) is 1. The maximum atomic E-state index is 6.31. The molecule has 14 heavy (non-hydrogen) atoms. The predicted molar refractivity (Wildman–Crippen MR) is 58.3 cm³/mol. The van der Waals surface area contributed by atoms with Gasteiger partial charge in [-0.2, -0.15) is 0 Å². The van der Waals surface area contributed by atoms with Crippen LogP contribution in [0.1, 0.15) is 6.42 Å². The van der Waals surface area contributed by atoms with Crippen LogP contribution in [0.15, 0.2) is 0 Å². The van der Waals surface area contributed by atoms with Crippen LogP contribution in [0, 0.1) is 0 Å². The van der Waals surface area contributed by atoms with Crippen LogP contribution in [-0.2, 0) is 0 Å². The van der Waals surface area contributed by atoms with Crippen LogP contribution in [0.3, 0.4) is 0 Å². The molecule has 4 heteroatoms. The fraction of sp³-hybridized carbons (Fsp3) is 1.00. The highest BCUT2D eigenvalue weighted by Gasteiger charge is 2.31. The molecule has 2 fully saturated rings. The third-order valence-corrected chi connectivity index (χ3v) is 3.41. The third kappa shape index (κ3) is 2.45. The summed E-state index contributed by atoms with van der Waals surface area (Å²) in [5.74, 6) is 0. The van der Waals surface area contributed by atoms with E-state index in [2.05, 4.69) is 22.2 Å². The number of rotatable bonds is 2. The molecule has 2 heterocycles. The number of nitrogens with one attached hydrogen (secondary N) is 1. The Morgan fingerprint density at radius 1 is 1.29 bits per heavy atom. The molecule has 0 saturated carbocycles. The van der Waals surface area contributed by atoms with Gasteiger partial charge < -0.3 is 16.0 Å². The molecular formula is C10H22N4. The van der Waals surface area contributed by atoms with E-state index in [9.17, 15) is 0 Å². The van der Waals surface area contributed by atoms with E-state index < -0.39 is 0 Å². The summed E-state index contributed by atoms with van der Waals surface area (Å²) in [6, 6.07) is 0. The van der Waals surface area contributed by atoms with E-state index in [0.717, 1.165) is 26.1 Å². The molecule has 0 aliphatic carbocycles. The number of hydrogen-bond acceptors (Lipinski definition) is 4. The highest BCUT2D eigenvalue weighted by atomic mass is 15.3. The monoisotopic (exact) mass is 198 g/mol. The summed E-state index contributed by atoms with van der Waals surface area (Å²) in [5, 5.41) is 3.35. The first-order valence-corrected chi connectivity index (χ1v) is 5.58. The molecule has 0 aromatic rings. The zero-order valence-corrected chi connectivity index (χ0v) is 9.13. The summed E-state index contributed by atoms with van der Waals surface area (Å²) >= 11 is 0. The van der Waals surface area contributed by atoms with Crippen molar-refractivity contribution in [1.29, 1.82) is 0 Å². The Morgan fingerprint density at radius 3 is 2.57 bits per heavy atom. The van der Waals surface area contributed by atoms with Crippen molar-refractivity contribution in [3.05, 3.63) is 0 Å². The Labute approximate surface area is 86.4 Å². The van der Waals surface area contributed by atoms with Crippen molar-refractivity contribution < 1.29 is 0 Å². The van der Waals surface area contributed by atoms with Crippen molar-refractivity contribution >= 4 is 0 Å². The quantitative estimate of drug-likeness (QED) is 0.593. The molecule has 1 atom stereocenters. The van der Waals surface area contributed by atoms with E-state index >= 15 is 0 Å². The molecule has 4 nitrogen and oxygen atoms in total. The first-order chi connectivity index (χ1) is 6.68. The second kappa shape index (κ2) is 4.14. The van der Waals surface area contributed by atoms with Gasteiger partial charge in [-0.05, 0) is 20.0 Å². The molecule has 82 valence electrons. The number of piperazine rings is 1. The van der Waals surface area contributed by atoms with Gasteiger partial charge >= 0.3 is 0 Å².